The number of aromatic nitrogens is 2. The van der Waals surface area contributed by atoms with Crippen LogP contribution in [-0.4, -0.2) is 26.5 Å². The number of nitrogens with zero attached hydrogens (tertiary/aromatic N) is 2. The van der Waals surface area contributed by atoms with Gasteiger partial charge in [-0.2, -0.15) is 0 Å². The first kappa shape index (κ1) is 18.0. The van der Waals surface area contributed by atoms with E-state index in [4.69, 9.17) is 23.2 Å². The summed E-state index contributed by atoms with van der Waals surface area (Å²) in [4.78, 5) is 22.2. The lowest BCUT2D eigenvalue weighted by atomic mass is 10.0. The van der Waals surface area contributed by atoms with Crippen molar-refractivity contribution in [2.75, 3.05) is 6.54 Å². The molecule has 0 atom stereocenters. The van der Waals surface area contributed by atoms with Crippen LogP contribution in [0.25, 0.3) is 11.4 Å². The third-order valence-electron chi connectivity index (χ3n) is 4.70. The van der Waals surface area contributed by atoms with Crippen molar-refractivity contribution < 1.29 is 5.11 Å². The van der Waals surface area contributed by atoms with E-state index in [1.807, 2.05) is 18.2 Å². The highest BCUT2D eigenvalue weighted by Gasteiger charge is 2.22. The van der Waals surface area contributed by atoms with Crippen molar-refractivity contribution >= 4 is 23.2 Å². The number of H-pyrrole nitrogens is 1. The fourth-order valence-corrected chi connectivity index (χ4v) is 3.64. The van der Waals surface area contributed by atoms with E-state index in [-0.39, 0.29) is 11.3 Å². The van der Waals surface area contributed by atoms with Gasteiger partial charge in [0.15, 0.2) is 0 Å². The van der Waals surface area contributed by atoms with Crippen molar-refractivity contribution in [3.05, 3.63) is 79.7 Å². The largest absolute Gasteiger partial charge is 0.508 e. The molecule has 2 aromatic carbocycles. The Morgan fingerprint density at radius 1 is 1.15 bits per heavy atom. The van der Waals surface area contributed by atoms with E-state index in [0.29, 0.717) is 35.4 Å². The molecule has 27 heavy (non-hydrogen) atoms. The van der Waals surface area contributed by atoms with Gasteiger partial charge in [0.2, 0.25) is 0 Å². The zero-order valence-electron chi connectivity index (χ0n) is 14.4. The molecule has 0 unspecified atom stereocenters. The fourth-order valence-electron chi connectivity index (χ4n) is 3.28. The van der Waals surface area contributed by atoms with E-state index in [1.54, 1.807) is 18.2 Å². The van der Waals surface area contributed by atoms with Crippen LogP contribution in [0, 0.1) is 0 Å². The Kier molecular flexibility index (Phi) is 4.91. The second-order valence-electron chi connectivity index (χ2n) is 6.58. The van der Waals surface area contributed by atoms with Gasteiger partial charge in [-0.25, -0.2) is 4.98 Å². The van der Waals surface area contributed by atoms with Crippen LogP contribution in [-0.2, 0) is 19.5 Å². The summed E-state index contributed by atoms with van der Waals surface area (Å²) in [6, 6.07) is 12.2. The van der Waals surface area contributed by atoms with E-state index in [1.165, 1.54) is 6.07 Å². The second kappa shape index (κ2) is 7.35. The van der Waals surface area contributed by atoms with Gasteiger partial charge in [-0.1, -0.05) is 29.3 Å². The summed E-state index contributed by atoms with van der Waals surface area (Å²) < 4.78 is 0. The Labute approximate surface area is 166 Å². The molecule has 3 aromatic rings. The monoisotopic (exact) mass is 401 g/mol. The predicted octanol–water partition coefficient (Wildman–Crippen LogP) is 4.01. The van der Waals surface area contributed by atoms with Crippen LogP contribution in [0.15, 0.2) is 47.3 Å². The molecule has 0 radical (unpaired) electrons. The number of phenols is 1. The number of nitrogens with one attached hydrogen (secondary N) is 1. The van der Waals surface area contributed by atoms with Crippen LogP contribution < -0.4 is 5.56 Å². The molecule has 0 spiro atoms. The maximum atomic E-state index is 12.5. The Morgan fingerprint density at radius 3 is 2.67 bits per heavy atom. The van der Waals surface area contributed by atoms with Gasteiger partial charge in [-0.05, 0) is 48.4 Å². The Morgan fingerprint density at radius 2 is 1.93 bits per heavy atom. The first-order valence-corrected chi connectivity index (χ1v) is 9.33. The van der Waals surface area contributed by atoms with Crippen LogP contribution in [0.1, 0.15) is 16.8 Å². The number of benzene rings is 2. The van der Waals surface area contributed by atoms with E-state index in [0.717, 1.165) is 28.9 Å². The molecule has 5 nitrogen and oxygen atoms in total. The molecular formula is C20H17Cl2N3O2. The van der Waals surface area contributed by atoms with E-state index < -0.39 is 0 Å². The predicted molar refractivity (Wildman–Crippen MR) is 106 cm³/mol. The van der Waals surface area contributed by atoms with Gasteiger partial charge in [0.25, 0.3) is 5.56 Å². The molecule has 1 aliphatic rings. The highest BCUT2D eigenvalue weighted by molar-refractivity contribution is 6.31. The van der Waals surface area contributed by atoms with E-state index >= 15 is 0 Å². The van der Waals surface area contributed by atoms with Gasteiger partial charge in [0.1, 0.15) is 11.6 Å². The molecule has 1 aromatic heterocycles. The minimum Gasteiger partial charge on any atom is -0.508 e. The zero-order valence-corrected chi connectivity index (χ0v) is 15.9. The van der Waals surface area contributed by atoms with Gasteiger partial charge in [0.05, 0.1) is 5.69 Å². The second-order valence-corrected chi connectivity index (χ2v) is 7.43. The summed E-state index contributed by atoms with van der Waals surface area (Å²) in [5.74, 6) is 0.688. The summed E-state index contributed by atoms with van der Waals surface area (Å²) in [7, 11) is 0. The minimum absolute atomic E-state index is 0.0905. The smallest absolute Gasteiger partial charge is 0.254 e. The lowest BCUT2D eigenvalue weighted by Crippen LogP contribution is -2.35. The fraction of sp³-hybridized carbons (Fsp3) is 0.200. The van der Waals surface area contributed by atoms with Crippen molar-refractivity contribution in [3.63, 3.8) is 0 Å². The summed E-state index contributed by atoms with van der Waals surface area (Å²) in [5.41, 5.74) is 3.18. The number of hydrogen-bond acceptors (Lipinski definition) is 4. The Hall–Kier alpha value is -2.34. The average molecular weight is 402 g/mol. The first-order valence-electron chi connectivity index (χ1n) is 8.57. The molecule has 2 N–H and O–H groups in total. The number of rotatable bonds is 3. The van der Waals surface area contributed by atoms with E-state index in [2.05, 4.69) is 14.9 Å². The van der Waals surface area contributed by atoms with Gasteiger partial charge in [0, 0.05) is 40.8 Å². The molecular weight excluding hydrogens is 385 g/mol. The molecule has 0 aliphatic carbocycles. The number of aromatic hydroxyl groups is 1. The van der Waals surface area contributed by atoms with Crippen LogP contribution in [0.2, 0.25) is 10.0 Å². The number of phenolic OH excluding ortho intramolecular Hbond substituents is 1. The molecule has 138 valence electrons. The highest BCUT2D eigenvalue weighted by Crippen LogP contribution is 2.25. The van der Waals surface area contributed by atoms with Crippen molar-refractivity contribution in [3.8, 4) is 17.1 Å². The number of fused-ring (bicyclic) bond motifs is 1. The maximum absolute atomic E-state index is 12.5. The van der Waals surface area contributed by atoms with Crippen LogP contribution in [0.4, 0.5) is 0 Å². The minimum atomic E-state index is -0.0905. The topological polar surface area (TPSA) is 69.2 Å². The van der Waals surface area contributed by atoms with Crippen LogP contribution in [0.5, 0.6) is 5.75 Å². The van der Waals surface area contributed by atoms with Gasteiger partial charge in [-0.3, -0.25) is 9.69 Å². The summed E-state index contributed by atoms with van der Waals surface area (Å²) in [5, 5.41) is 10.7. The van der Waals surface area contributed by atoms with E-state index in [9.17, 15) is 9.90 Å². The summed E-state index contributed by atoms with van der Waals surface area (Å²) in [6.45, 7) is 1.94. The third kappa shape index (κ3) is 3.86. The molecule has 7 heteroatoms. The lowest BCUT2D eigenvalue weighted by molar-refractivity contribution is 0.240. The molecule has 4 rings (SSSR count). The maximum Gasteiger partial charge on any atom is 0.254 e. The highest BCUT2D eigenvalue weighted by atomic mass is 35.5. The third-order valence-corrected chi connectivity index (χ3v) is 5.30. The van der Waals surface area contributed by atoms with Crippen LogP contribution in [0.3, 0.4) is 0 Å². The molecule has 0 bridgehead atoms. The lowest BCUT2D eigenvalue weighted by Gasteiger charge is -2.28. The molecule has 0 saturated carbocycles. The van der Waals surface area contributed by atoms with Crippen LogP contribution >= 0.6 is 23.2 Å². The van der Waals surface area contributed by atoms with Gasteiger partial charge < -0.3 is 10.1 Å². The Bertz CT molecular complexity index is 1050. The molecule has 1 aliphatic heterocycles. The summed E-state index contributed by atoms with van der Waals surface area (Å²) in [6.07, 6.45) is 0.633. The molecule has 2 heterocycles. The first-order chi connectivity index (χ1) is 13.0. The van der Waals surface area contributed by atoms with Crippen molar-refractivity contribution in [1.29, 1.82) is 0 Å². The number of halogens is 2. The molecule has 0 amide bonds. The number of hydrogen-bond donors (Lipinski definition) is 2. The number of aromatic amines is 1. The molecule has 0 fully saturated rings. The molecule has 0 saturated heterocycles. The van der Waals surface area contributed by atoms with Gasteiger partial charge in [-0.15, -0.1) is 0 Å². The zero-order chi connectivity index (χ0) is 19.0. The quantitative estimate of drug-likeness (QED) is 0.695. The average Bonchev–Trinajstić information content (AvgIpc) is 2.64. The van der Waals surface area contributed by atoms with Crippen molar-refractivity contribution in [2.24, 2.45) is 0 Å². The summed E-state index contributed by atoms with van der Waals surface area (Å²) >= 11 is 12.2. The normalized spacial score (nSPS) is 14.1. The standard InChI is InChI=1S/C20H17Cl2N3O2/c21-14-4-1-12(2-5-14)19-23-18-11-25(8-7-16(18)20(27)24-19)10-13-3-6-15(26)9-17(13)22/h1-6,9,26H,7-8,10-11H2,(H,23,24,27). The van der Waals surface area contributed by atoms with Crippen molar-refractivity contribution in [1.82, 2.24) is 14.9 Å². The van der Waals surface area contributed by atoms with Crippen molar-refractivity contribution in [2.45, 2.75) is 19.5 Å². The Balaban J connectivity index is 1.61. The van der Waals surface area contributed by atoms with Gasteiger partial charge >= 0.3 is 0 Å². The SMILES string of the molecule is O=c1[nH]c(-c2ccc(Cl)cc2)nc2c1CCN(Cc1ccc(O)cc1Cl)C2.